The van der Waals surface area contributed by atoms with Gasteiger partial charge in [0, 0.05) is 49.7 Å². The number of carbonyl (C=O) groups excluding carboxylic acids is 1. The van der Waals surface area contributed by atoms with Crippen LogP contribution in [0.15, 0.2) is 23.6 Å². The molecule has 1 aromatic heterocycles. The number of benzene rings is 1. The second-order valence-corrected chi connectivity index (χ2v) is 12.4. The number of amides is 1. The van der Waals surface area contributed by atoms with Crippen LogP contribution in [0.2, 0.25) is 0 Å². The third kappa shape index (κ3) is 4.75. The smallest absolute Gasteiger partial charge is 0.238 e. The number of aromatic nitrogens is 1. The number of thiazole rings is 1. The van der Waals surface area contributed by atoms with Crippen molar-refractivity contribution in [1.29, 1.82) is 0 Å². The predicted molar refractivity (Wildman–Crippen MR) is 141 cm³/mol. The van der Waals surface area contributed by atoms with Crippen molar-refractivity contribution in [1.82, 2.24) is 20.9 Å². The lowest BCUT2D eigenvalue weighted by atomic mass is 9.63. The van der Waals surface area contributed by atoms with Gasteiger partial charge in [0.2, 0.25) is 5.91 Å². The molecule has 1 aromatic carbocycles. The Labute approximate surface area is 207 Å². The molecular weight excluding hydrogens is 442 g/mol. The number of rotatable bonds is 4. The first-order chi connectivity index (χ1) is 16.2. The highest BCUT2D eigenvalue weighted by molar-refractivity contribution is 7.14. The lowest BCUT2D eigenvalue weighted by molar-refractivity contribution is -0.124. The Balaban J connectivity index is 1.23. The minimum absolute atomic E-state index is 0.111. The zero-order chi connectivity index (χ0) is 23.9. The fourth-order valence-corrected chi connectivity index (χ4v) is 6.53. The van der Waals surface area contributed by atoms with Crippen LogP contribution >= 0.6 is 11.3 Å². The number of piperidine rings is 1. The SMILES string of the molecule is CC1(C)CCC(C)(C)c2cc(-c3csc(N4CCC(NC(=O)C5CNCCN5)CC4)n3)ccc21. The summed E-state index contributed by atoms with van der Waals surface area (Å²) >= 11 is 1.74. The van der Waals surface area contributed by atoms with E-state index in [9.17, 15) is 4.79 Å². The van der Waals surface area contributed by atoms with Gasteiger partial charge in [-0.15, -0.1) is 11.3 Å². The Morgan fingerprint density at radius 2 is 1.82 bits per heavy atom. The second kappa shape index (κ2) is 9.25. The van der Waals surface area contributed by atoms with Crippen molar-refractivity contribution >= 4 is 22.4 Å². The highest BCUT2D eigenvalue weighted by Gasteiger charge is 2.37. The Morgan fingerprint density at radius 1 is 1.09 bits per heavy atom. The first kappa shape index (κ1) is 23.8. The summed E-state index contributed by atoms with van der Waals surface area (Å²) in [5.41, 5.74) is 5.71. The molecule has 3 aliphatic rings. The number of nitrogens with zero attached hydrogens (tertiary/aromatic N) is 2. The molecule has 0 radical (unpaired) electrons. The van der Waals surface area contributed by atoms with Crippen LogP contribution in [-0.4, -0.2) is 55.7 Å². The number of hydrogen-bond donors (Lipinski definition) is 3. The summed E-state index contributed by atoms with van der Waals surface area (Å²) in [6, 6.07) is 7.13. The normalized spacial score (nSPS) is 24.5. The molecule has 0 saturated carbocycles. The number of anilines is 1. The Kier molecular flexibility index (Phi) is 6.46. The summed E-state index contributed by atoms with van der Waals surface area (Å²) in [5.74, 6) is 0.126. The van der Waals surface area contributed by atoms with Crippen LogP contribution in [0.1, 0.15) is 64.5 Å². The summed E-state index contributed by atoms with van der Waals surface area (Å²) < 4.78 is 0. The van der Waals surface area contributed by atoms with Crippen LogP contribution in [0.4, 0.5) is 5.13 Å². The largest absolute Gasteiger partial charge is 0.352 e. The van der Waals surface area contributed by atoms with E-state index >= 15 is 0 Å². The van der Waals surface area contributed by atoms with Crippen molar-refractivity contribution in [3.05, 3.63) is 34.7 Å². The summed E-state index contributed by atoms with van der Waals surface area (Å²) in [7, 11) is 0. The molecule has 3 N–H and O–H groups in total. The van der Waals surface area contributed by atoms with Gasteiger partial charge >= 0.3 is 0 Å². The van der Waals surface area contributed by atoms with E-state index in [1.54, 1.807) is 11.3 Å². The number of hydrogen-bond acceptors (Lipinski definition) is 6. The van der Waals surface area contributed by atoms with Crippen LogP contribution in [0.25, 0.3) is 11.3 Å². The van der Waals surface area contributed by atoms with Gasteiger partial charge in [0.05, 0.1) is 11.7 Å². The summed E-state index contributed by atoms with van der Waals surface area (Å²) in [6.07, 6.45) is 4.38. The van der Waals surface area contributed by atoms with Gasteiger partial charge in [0.15, 0.2) is 5.13 Å². The average molecular weight is 482 g/mol. The molecule has 2 aliphatic heterocycles. The van der Waals surface area contributed by atoms with Crippen molar-refractivity contribution in [2.24, 2.45) is 0 Å². The first-order valence-electron chi connectivity index (χ1n) is 12.8. The second-order valence-electron chi connectivity index (χ2n) is 11.5. The van der Waals surface area contributed by atoms with Crippen molar-refractivity contribution in [3.8, 4) is 11.3 Å². The van der Waals surface area contributed by atoms with E-state index in [0.717, 1.165) is 49.8 Å². The van der Waals surface area contributed by atoms with Gasteiger partial charge < -0.3 is 20.9 Å². The highest BCUT2D eigenvalue weighted by atomic mass is 32.1. The van der Waals surface area contributed by atoms with Gasteiger partial charge in [0.1, 0.15) is 0 Å². The van der Waals surface area contributed by atoms with E-state index in [2.05, 4.69) is 72.1 Å². The molecule has 2 saturated heterocycles. The fraction of sp³-hybridized carbons (Fsp3) is 0.630. The minimum atomic E-state index is -0.111. The summed E-state index contributed by atoms with van der Waals surface area (Å²) in [5, 5.41) is 13.1. The third-order valence-electron chi connectivity index (χ3n) is 8.11. The lowest BCUT2D eigenvalue weighted by Crippen LogP contribution is -2.58. The maximum absolute atomic E-state index is 12.5. The van der Waals surface area contributed by atoms with Crippen LogP contribution in [0, 0.1) is 0 Å². The minimum Gasteiger partial charge on any atom is -0.352 e. The van der Waals surface area contributed by atoms with Crippen molar-refractivity contribution in [3.63, 3.8) is 0 Å². The van der Waals surface area contributed by atoms with E-state index in [1.165, 1.54) is 29.5 Å². The number of fused-ring (bicyclic) bond motifs is 1. The van der Waals surface area contributed by atoms with Gasteiger partial charge in [-0.25, -0.2) is 4.98 Å². The molecule has 3 heterocycles. The maximum atomic E-state index is 12.5. The van der Waals surface area contributed by atoms with E-state index in [-0.39, 0.29) is 28.8 Å². The standard InChI is InChI=1S/C27H39N5OS/c1-26(2)9-10-27(3,4)21-15-18(5-6-20(21)26)23-17-34-25(31-23)32-13-7-19(8-14-32)30-24(33)22-16-28-11-12-29-22/h5-6,15,17,19,22,28-29H,7-14,16H2,1-4H3,(H,30,33). The average Bonchev–Trinajstić information content (AvgIpc) is 3.33. The number of nitrogens with one attached hydrogen (secondary N) is 3. The molecule has 0 bridgehead atoms. The summed E-state index contributed by atoms with van der Waals surface area (Å²) in [6.45, 7) is 13.8. The maximum Gasteiger partial charge on any atom is 0.238 e. The van der Waals surface area contributed by atoms with Crippen molar-refractivity contribution in [2.45, 2.75) is 76.3 Å². The van der Waals surface area contributed by atoms with E-state index in [1.807, 2.05) is 0 Å². The van der Waals surface area contributed by atoms with Crippen LogP contribution in [0.3, 0.4) is 0 Å². The number of piperazine rings is 1. The molecule has 0 spiro atoms. The Bertz CT molecular complexity index is 1030. The Hall–Kier alpha value is -1.96. The van der Waals surface area contributed by atoms with Crippen molar-refractivity contribution < 1.29 is 4.79 Å². The zero-order valence-corrected chi connectivity index (χ0v) is 21.9. The van der Waals surface area contributed by atoms with E-state index < -0.39 is 0 Å². The highest BCUT2D eigenvalue weighted by Crippen LogP contribution is 2.47. The molecule has 1 atom stereocenters. The molecule has 1 unspecified atom stereocenters. The molecular formula is C27H39N5OS. The van der Waals surface area contributed by atoms with E-state index in [0.29, 0.717) is 6.54 Å². The monoisotopic (exact) mass is 481 g/mol. The molecule has 6 nitrogen and oxygen atoms in total. The molecule has 5 rings (SSSR count). The predicted octanol–water partition coefficient (Wildman–Crippen LogP) is 3.81. The van der Waals surface area contributed by atoms with Gasteiger partial charge in [-0.1, -0.05) is 39.8 Å². The van der Waals surface area contributed by atoms with Crippen molar-refractivity contribution in [2.75, 3.05) is 37.6 Å². The van der Waals surface area contributed by atoms with Gasteiger partial charge in [0.25, 0.3) is 0 Å². The molecule has 34 heavy (non-hydrogen) atoms. The summed E-state index contributed by atoms with van der Waals surface area (Å²) in [4.78, 5) is 19.9. The Morgan fingerprint density at radius 3 is 2.53 bits per heavy atom. The molecule has 7 heteroatoms. The molecule has 2 fully saturated rings. The lowest BCUT2D eigenvalue weighted by Gasteiger charge is -2.42. The molecule has 1 aliphatic carbocycles. The molecule has 2 aromatic rings. The quantitative estimate of drug-likeness (QED) is 0.620. The van der Waals surface area contributed by atoms with Gasteiger partial charge in [-0.2, -0.15) is 0 Å². The number of carbonyl (C=O) groups is 1. The fourth-order valence-electron chi connectivity index (χ4n) is 5.65. The molecule has 184 valence electrons. The zero-order valence-electron chi connectivity index (χ0n) is 21.0. The van der Waals surface area contributed by atoms with E-state index in [4.69, 9.17) is 4.98 Å². The van der Waals surface area contributed by atoms with Crippen LogP contribution in [-0.2, 0) is 15.6 Å². The molecule has 1 amide bonds. The third-order valence-corrected chi connectivity index (χ3v) is 9.01. The van der Waals surface area contributed by atoms with Crippen LogP contribution in [0.5, 0.6) is 0 Å². The first-order valence-corrected chi connectivity index (χ1v) is 13.7. The van der Waals surface area contributed by atoms with Gasteiger partial charge in [-0.3, -0.25) is 4.79 Å². The van der Waals surface area contributed by atoms with Crippen LogP contribution < -0.4 is 20.9 Å². The van der Waals surface area contributed by atoms with Gasteiger partial charge in [-0.05, 0) is 53.7 Å². The topological polar surface area (TPSA) is 69.3 Å².